The molecule has 0 aromatic carbocycles. The summed E-state index contributed by atoms with van der Waals surface area (Å²) in [6.45, 7) is 7.98. The summed E-state index contributed by atoms with van der Waals surface area (Å²) in [6.07, 6.45) is 4.55. The first-order valence-corrected chi connectivity index (χ1v) is 4.45. The zero-order valence-corrected chi connectivity index (χ0v) is 7.89. The van der Waals surface area contributed by atoms with Gasteiger partial charge >= 0.3 is 0 Å². The minimum absolute atomic E-state index is 0.283. The summed E-state index contributed by atoms with van der Waals surface area (Å²) < 4.78 is 0. The number of carbonyl (C=O) groups excluding carboxylic acids is 1. The van der Waals surface area contributed by atoms with E-state index >= 15 is 0 Å². The van der Waals surface area contributed by atoms with Gasteiger partial charge in [-0.15, -0.1) is 6.58 Å². The number of hydrogen-bond acceptors (Lipinski definition) is 1. The van der Waals surface area contributed by atoms with Crippen LogP contribution in [0, 0.1) is 5.92 Å². The van der Waals surface area contributed by atoms with E-state index < -0.39 is 0 Å². The van der Waals surface area contributed by atoms with Crippen molar-refractivity contribution in [3.8, 4) is 0 Å². The number of rotatable bonds is 2. The first kappa shape index (κ1) is 9.24. The molecule has 0 amide bonds. The molecule has 0 aromatic heterocycles. The molecule has 1 atom stereocenters. The van der Waals surface area contributed by atoms with Gasteiger partial charge < -0.3 is 0 Å². The number of hydrogen-bond donors (Lipinski definition) is 0. The summed E-state index contributed by atoms with van der Waals surface area (Å²) in [6, 6.07) is 0. The topological polar surface area (TPSA) is 17.1 Å². The molecule has 0 fully saturated rings. The predicted octanol–water partition coefficient (Wildman–Crippen LogP) is 2.88. The van der Waals surface area contributed by atoms with E-state index in [2.05, 4.69) is 6.58 Å². The van der Waals surface area contributed by atoms with Crippen molar-refractivity contribution in [2.24, 2.45) is 5.92 Å². The fourth-order valence-electron chi connectivity index (χ4n) is 1.67. The van der Waals surface area contributed by atoms with Crippen molar-refractivity contribution in [2.45, 2.75) is 33.1 Å². The van der Waals surface area contributed by atoms with Crippen LogP contribution in [0.1, 0.15) is 33.1 Å². The van der Waals surface area contributed by atoms with Gasteiger partial charge in [-0.3, -0.25) is 4.79 Å². The lowest BCUT2D eigenvalue weighted by molar-refractivity contribution is -0.115. The molecule has 66 valence electrons. The molecule has 0 saturated carbocycles. The van der Waals surface area contributed by atoms with Crippen molar-refractivity contribution in [3.63, 3.8) is 0 Å². The van der Waals surface area contributed by atoms with Crippen molar-refractivity contribution < 1.29 is 4.79 Å². The Bertz CT molecular complexity index is 235. The Morgan fingerprint density at radius 2 is 2.42 bits per heavy atom. The molecule has 1 unspecified atom stereocenters. The minimum atomic E-state index is 0.283. The average Bonchev–Trinajstić information content (AvgIpc) is 1.94. The van der Waals surface area contributed by atoms with Gasteiger partial charge in [-0.2, -0.15) is 0 Å². The maximum atomic E-state index is 11.0. The van der Waals surface area contributed by atoms with Crippen LogP contribution in [0.4, 0.5) is 0 Å². The highest BCUT2D eigenvalue weighted by Crippen LogP contribution is 2.27. The van der Waals surface area contributed by atoms with Crippen LogP contribution in [0.3, 0.4) is 0 Å². The first-order valence-electron chi connectivity index (χ1n) is 4.45. The minimum Gasteiger partial charge on any atom is -0.295 e. The van der Waals surface area contributed by atoms with E-state index in [0.717, 1.165) is 19.3 Å². The summed E-state index contributed by atoms with van der Waals surface area (Å²) in [4.78, 5) is 11.0. The second-order valence-electron chi connectivity index (χ2n) is 3.75. The quantitative estimate of drug-likeness (QED) is 0.573. The van der Waals surface area contributed by atoms with Crippen LogP contribution in [0.2, 0.25) is 0 Å². The molecule has 0 heterocycles. The summed E-state index contributed by atoms with van der Waals surface area (Å²) in [7, 11) is 0. The molecule has 12 heavy (non-hydrogen) atoms. The first-order chi connectivity index (χ1) is 5.59. The third-order valence-electron chi connectivity index (χ3n) is 2.37. The molecule has 0 spiro atoms. The van der Waals surface area contributed by atoms with Crippen molar-refractivity contribution in [3.05, 3.63) is 23.8 Å². The van der Waals surface area contributed by atoms with Gasteiger partial charge in [-0.05, 0) is 38.7 Å². The summed E-state index contributed by atoms with van der Waals surface area (Å²) in [5.74, 6) is 0.852. The monoisotopic (exact) mass is 164 g/mol. The van der Waals surface area contributed by atoms with Crippen LogP contribution in [0.15, 0.2) is 23.8 Å². The lowest BCUT2D eigenvalue weighted by atomic mass is 9.84. The van der Waals surface area contributed by atoms with E-state index in [0.29, 0.717) is 5.92 Å². The Hall–Kier alpha value is -0.850. The predicted molar refractivity (Wildman–Crippen MR) is 50.9 cm³/mol. The van der Waals surface area contributed by atoms with Crippen molar-refractivity contribution in [1.29, 1.82) is 0 Å². The van der Waals surface area contributed by atoms with Crippen LogP contribution in [-0.2, 0) is 4.79 Å². The normalized spacial score (nSPS) is 23.7. The third-order valence-corrected chi connectivity index (χ3v) is 2.37. The zero-order valence-electron chi connectivity index (χ0n) is 7.89. The van der Waals surface area contributed by atoms with Crippen LogP contribution >= 0.6 is 0 Å². The molecule has 0 N–H and O–H groups in total. The van der Waals surface area contributed by atoms with Gasteiger partial charge in [0.15, 0.2) is 5.78 Å². The van der Waals surface area contributed by atoms with E-state index in [9.17, 15) is 4.79 Å². The van der Waals surface area contributed by atoms with Crippen LogP contribution < -0.4 is 0 Å². The van der Waals surface area contributed by atoms with Gasteiger partial charge in [0.2, 0.25) is 0 Å². The van der Waals surface area contributed by atoms with Gasteiger partial charge in [0.05, 0.1) is 0 Å². The molecule has 0 aliphatic heterocycles. The van der Waals surface area contributed by atoms with Crippen molar-refractivity contribution in [1.82, 2.24) is 0 Å². The molecule has 0 saturated heterocycles. The fraction of sp³-hybridized carbons (Fsp3) is 0.545. The Balaban J connectivity index is 2.62. The van der Waals surface area contributed by atoms with E-state index in [-0.39, 0.29) is 5.78 Å². The Morgan fingerprint density at radius 1 is 1.75 bits per heavy atom. The van der Waals surface area contributed by atoms with E-state index in [1.165, 1.54) is 11.1 Å². The van der Waals surface area contributed by atoms with Crippen molar-refractivity contribution in [2.75, 3.05) is 0 Å². The molecule has 1 nitrogen and oxygen atoms in total. The van der Waals surface area contributed by atoms with Crippen LogP contribution in [-0.4, -0.2) is 5.78 Å². The molecule has 0 radical (unpaired) electrons. The molecule has 1 aliphatic carbocycles. The van der Waals surface area contributed by atoms with E-state index in [1.54, 1.807) is 6.08 Å². The van der Waals surface area contributed by atoms with E-state index in [4.69, 9.17) is 0 Å². The molecule has 0 bridgehead atoms. The third kappa shape index (κ3) is 2.33. The largest absolute Gasteiger partial charge is 0.295 e. The Labute approximate surface area is 74.2 Å². The number of carbonyl (C=O) groups is 1. The second kappa shape index (κ2) is 3.70. The number of ketones is 1. The Morgan fingerprint density at radius 3 is 2.92 bits per heavy atom. The number of allylic oxidation sites excluding steroid dienone is 3. The zero-order chi connectivity index (χ0) is 9.14. The highest BCUT2D eigenvalue weighted by atomic mass is 16.1. The molecule has 1 heteroatoms. The SMILES string of the molecule is C=C(C)CC1CCC(=O)C=C1C. The molecule has 0 aromatic rings. The highest BCUT2D eigenvalue weighted by Gasteiger charge is 2.17. The molecular weight excluding hydrogens is 148 g/mol. The lowest BCUT2D eigenvalue weighted by Gasteiger charge is -2.20. The molecular formula is C11H16O. The second-order valence-corrected chi connectivity index (χ2v) is 3.75. The standard InChI is InChI=1S/C11H16O/c1-8(2)6-10-4-5-11(12)7-9(10)3/h7,10H,1,4-6H2,2-3H3. The van der Waals surface area contributed by atoms with Gasteiger partial charge in [0.25, 0.3) is 0 Å². The van der Waals surface area contributed by atoms with Crippen LogP contribution in [0.5, 0.6) is 0 Å². The highest BCUT2D eigenvalue weighted by molar-refractivity contribution is 5.91. The van der Waals surface area contributed by atoms with Gasteiger partial charge in [-0.1, -0.05) is 11.1 Å². The van der Waals surface area contributed by atoms with E-state index in [1.807, 2.05) is 13.8 Å². The average molecular weight is 164 g/mol. The van der Waals surface area contributed by atoms with Crippen LogP contribution in [0.25, 0.3) is 0 Å². The smallest absolute Gasteiger partial charge is 0.155 e. The summed E-state index contributed by atoms with van der Waals surface area (Å²) in [5, 5.41) is 0. The van der Waals surface area contributed by atoms with Gasteiger partial charge in [-0.25, -0.2) is 0 Å². The van der Waals surface area contributed by atoms with Crippen molar-refractivity contribution >= 4 is 5.78 Å². The van der Waals surface area contributed by atoms with Gasteiger partial charge in [0, 0.05) is 6.42 Å². The maximum Gasteiger partial charge on any atom is 0.155 e. The fourth-order valence-corrected chi connectivity index (χ4v) is 1.67. The summed E-state index contributed by atoms with van der Waals surface area (Å²) in [5.41, 5.74) is 2.44. The lowest BCUT2D eigenvalue weighted by Crippen LogP contribution is -2.12. The summed E-state index contributed by atoms with van der Waals surface area (Å²) >= 11 is 0. The molecule has 1 aliphatic rings. The molecule has 1 rings (SSSR count). The maximum absolute atomic E-state index is 11.0. The van der Waals surface area contributed by atoms with Gasteiger partial charge in [0.1, 0.15) is 0 Å². The Kier molecular flexibility index (Phi) is 2.85.